The first kappa shape index (κ1) is 11.8. The molecule has 4 N–H and O–H groups in total. The Balaban J connectivity index is 0.00000121. The van der Waals surface area contributed by atoms with Crippen LogP contribution < -0.4 is 23.2 Å². The zero-order chi connectivity index (χ0) is 8.59. The fourth-order valence-electron chi connectivity index (χ4n) is 0.440. The molecule has 9 heteroatoms. The standard InChI is InChI=1S/C3HI2N3O3.H3N/c4-7-1(9)6-2(10)8(5)3(7)11;/h(H,6,9,10);1H3. The van der Waals surface area contributed by atoms with Gasteiger partial charge >= 0.3 is 17.1 Å². The van der Waals surface area contributed by atoms with Crippen LogP contribution in [0.4, 0.5) is 0 Å². The van der Waals surface area contributed by atoms with Crippen molar-refractivity contribution in [2.75, 3.05) is 0 Å². The lowest BCUT2D eigenvalue weighted by Crippen LogP contribution is -2.42. The first-order valence-electron chi connectivity index (χ1n) is 2.34. The molecule has 0 saturated carbocycles. The van der Waals surface area contributed by atoms with E-state index in [9.17, 15) is 14.4 Å². The molecule has 0 unspecified atom stereocenters. The SMILES string of the molecule is N.O=c1[nH]c(=O)n(I)c(=O)n1I. The average molecular weight is 398 g/mol. The Hall–Kier alpha value is -0.170. The highest BCUT2D eigenvalue weighted by molar-refractivity contribution is 14.1. The summed E-state index contributed by atoms with van der Waals surface area (Å²) in [6.07, 6.45) is 0. The van der Waals surface area contributed by atoms with Crippen molar-refractivity contribution in [3.8, 4) is 0 Å². The molecule has 1 rings (SSSR count). The van der Waals surface area contributed by atoms with E-state index in [-0.39, 0.29) is 6.15 Å². The normalized spacial score (nSPS) is 9.17. The quantitative estimate of drug-likeness (QED) is 0.561. The van der Waals surface area contributed by atoms with Crippen LogP contribution in [0.1, 0.15) is 0 Å². The molecule has 0 aliphatic carbocycles. The summed E-state index contributed by atoms with van der Waals surface area (Å²) >= 11 is 3.01. The van der Waals surface area contributed by atoms with E-state index in [2.05, 4.69) is 0 Å². The molecule has 0 fully saturated rings. The van der Waals surface area contributed by atoms with Crippen LogP contribution in [0.25, 0.3) is 0 Å². The molecule has 12 heavy (non-hydrogen) atoms. The van der Waals surface area contributed by atoms with Crippen LogP contribution in [-0.4, -0.2) is 10.5 Å². The molecule has 0 amide bonds. The second-order valence-electron chi connectivity index (χ2n) is 1.58. The molecule has 0 radical (unpaired) electrons. The van der Waals surface area contributed by atoms with Crippen LogP contribution in [-0.2, 0) is 0 Å². The van der Waals surface area contributed by atoms with Crippen molar-refractivity contribution in [2.45, 2.75) is 0 Å². The highest BCUT2D eigenvalue weighted by Crippen LogP contribution is 1.79. The fraction of sp³-hybridized carbons (Fsp3) is 0. The largest absolute Gasteiger partial charge is 0.354 e. The molecule has 1 heterocycles. The summed E-state index contributed by atoms with van der Waals surface area (Å²) in [4.78, 5) is 34.2. The minimum Gasteiger partial charge on any atom is -0.344 e. The van der Waals surface area contributed by atoms with Gasteiger partial charge in [0.1, 0.15) is 0 Å². The summed E-state index contributed by atoms with van der Waals surface area (Å²) in [5.41, 5.74) is -2.08. The fourth-order valence-corrected chi connectivity index (χ4v) is 1.53. The Morgan fingerprint density at radius 1 is 1.00 bits per heavy atom. The van der Waals surface area contributed by atoms with Crippen molar-refractivity contribution in [3.05, 3.63) is 31.5 Å². The van der Waals surface area contributed by atoms with Crippen molar-refractivity contribution >= 4 is 45.7 Å². The molecular weight excluding hydrogens is 394 g/mol. The summed E-state index contributed by atoms with van der Waals surface area (Å²) in [5, 5.41) is 0. The number of hydrogen-bond donors (Lipinski definition) is 2. The number of aromatic nitrogens is 3. The average Bonchev–Trinajstić information content (AvgIpc) is 1.97. The molecule has 7 nitrogen and oxygen atoms in total. The van der Waals surface area contributed by atoms with Crippen LogP contribution in [0.2, 0.25) is 0 Å². The Morgan fingerprint density at radius 3 is 1.67 bits per heavy atom. The first-order chi connectivity index (χ1) is 5.04. The van der Waals surface area contributed by atoms with Gasteiger partial charge in [-0.3, -0.25) is 4.98 Å². The third-order valence-corrected chi connectivity index (χ3v) is 2.61. The molecular formula is C3H4I2N4O3. The van der Waals surface area contributed by atoms with E-state index in [1.54, 1.807) is 0 Å². The number of H-pyrrole nitrogens is 1. The van der Waals surface area contributed by atoms with Gasteiger partial charge in [0.25, 0.3) is 0 Å². The van der Waals surface area contributed by atoms with Crippen molar-refractivity contribution in [3.63, 3.8) is 0 Å². The maximum absolute atomic E-state index is 10.9. The lowest BCUT2D eigenvalue weighted by molar-refractivity contribution is 0.857. The lowest BCUT2D eigenvalue weighted by Gasteiger charge is -1.92. The zero-order valence-corrected chi connectivity index (χ0v) is 9.90. The van der Waals surface area contributed by atoms with Gasteiger partial charge < -0.3 is 6.15 Å². The summed E-state index contributed by atoms with van der Waals surface area (Å²) in [5.74, 6) is 0. The molecule has 0 aliphatic heterocycles. The highest BCUT2D eigenvalue weighted by atomic mass is 127. The van der Waals surface area contributed by atoms with Gasteiger partial charge in [-0.05, 0) is 0 Å². The summed E-state index contributed by atoms with van der Waals surface area (Å²) in [6, 6.07) is 0. The van der Waals surface area contributed by atoms with Gasteiger partial charge in [0.05, 0.1) is 45.7 Å². The topological polar surface area (TPSA) is 112 Å². The van der Waals surface area contributed by atoms with Gasteiger partial charge in [-0.15, -0.1) is 0 Å². The molecule has 0 atom stereocenters. The monoisotopic (exact) mass is 398 g/mol. The third kappa shape index (κ3) is 1.95. The van der Waals surface area contributed by atoms with Crippen molar-refractivity contribution in [1.29, 1.82) is 0 Å². The zero-order valence-electron chi connectivity index (χ0n) is 5.58. The van der Waals surface area contributed by atoms with E-state index < -0.39 is 17.1 Å². The van der Waals surface area contributed by atoms with Gasteiger partial charge in [-0.25, -0.2) is 14.4 Å². The molecule has 0 spiro atoms. The molecule has 68 valence electrons. The van der Waals surface area contributed by atoms with Crippen molar-refractivity contribution in [2.24, 2.45) is 0 Å². The Labute approximate surface area is 93.4 Å². The maximum atomic E-state index is 10.9. The minimum absolute atomic E-state index is 0. The van der Waals surface area contributed by atoms with Crippen molar-refractivity contribution in [1.82, 2.24) is 16.7 Å². The molecule has 1 aromatic heterocycles. The number of nitrogens with zero attached hydrogens (tertiary/aromatic N) is 2. The Morgan fingerprint density at radius 2 is 1.33 bits per heavy atom. The Kier molecular flexibility index (Phi) is 4.12. The number of rotatable bonds is 0. The van der Waals surface area contributed by atoms with Crippen LogP contribution in [0.3, 0.4) is 0 Å². The van der Waals surface area contributed by atoms with Crippen LogP contribution >= 0.6 is 45.7 Å². The Bertz CT molecular complexity index is 405. The third-order valence-electron chi connectivity index (χ3n) is 0.906. The van der Waals surface area contributed by atoms with E-state index in [1.165, 1.54) is 45.7 Å². The first-order valence-corrected chi connectivity index (χ1v) is 4.27. The van der Waals surface area contributed by atoms with E-state index in [1.807, 2.05) is 4.98 Å². The van der Waals surface area contributed by atoms with Gasteiger partial charge in [0, 0.05) is 0 Å². The molecule has 0 aliphatic rings. The lowest BCUT2D eigenvalue weighted by atomic mass is 11.0. The predicted molar refractivity (Wildman–Crippen MR) is 59.4 cm³/mol. The van der Waals surface area contributed by atoms with Gasteiger partial charge in [0.15, 0.2) is 0 Å². The molecule has 1 aromatic rings. The number of halogens is 2. The summed E-state index contributed by atoms with van der Waals surface area (Å²) < 4.78 is 1.57. The second-order valence-corrected chi connectivity index (χ2v) is 3.51. The minimum atomic E-state index is -0.714. The molecule has 0 saturated heterocycles. The molecule has 0 bridgehead atoms. The van der Waals surface area contributed by atoms with E-state index in [4.69, 9.17) is 0 Å². The van der Waals surface area contributed by atoms with E-state index in [0.29, 0.717) is 0 Å². The van der Waals surface area contributed by atoms with E-state index >= 15 is 0 Å². The van der Waals surface area contributed by atoms with Gasteiger partial charge in [-0.2, -0.15) is 5.56 Å². The highest BCUT2D eigenvalue weighted by Gasteiger charge is 2.03. The number of nitrogens with one attached hydrogen (secondary N) is 1. The van der Waals surface area contributed by atoms with Crippen molar-refractivity contribution < 1.29 is 0 Å². The van der Waals surface area contributed by atoms with E-state index in [0.717, 1.165) is 5.56 Å². The molecule has 0 aromatic carbocycles. The summed E-state index contributed by atoms with van der Waals surface area (Å²) in [6.45, 7) is 0. The second kappa shape index (κ2) is 4.18. The van der Waals surface area contributed by atoms with Crippen LogP contribution in [0.5, 0.6) is 0 Å². The smallest absolute Gasteiger partial charge is 0.344 e. The number of aromatic amines is 1. The summed E-state index contributed by atoms with van der Waals surface area (Å²) in [7, 11) is 0. The maximum Gasteiger partial charge on any atom is 0.354 e. The van der Waals surface area contributed by atoms with Gasteiger partial charge in [-0.1, -0.05) is 0 Å². The van der Waals surface area contributed by atoms with Gasteiger partial charge in [0.2, 0.25) is 0 Å². The van der Waals surface area contributed by atoms with Crippen LogP contribution in [0.15, 0.2) is 14.4 Å². The predicted octanol–water partition coefficient (Wildman–Crippen LogP) is -0.744. The van der Waals surface area contributed by atoms with Crippen LogP contribution in [0, 0.1) is 0 Å². The number of hydrogen-bond acceptors (Lipinski definition) is 4.